The topological polar surface area (TPSA) is 67.9 Å². The molecule has 3 atom stereocenters. The van der Waals surface area contributed by atoms with E-state index in [1.54, 1.807) is 7.11 Å². The maximum Gasteiger partial charge on any atom is 0.176 e. The maximum atomic E-state index is 12.7. The molecule has 0 saturated heterocycles. The summed E-state index contributed by atoms with van der Waals surface area (Å²) in [5.41, 5.74) is 2.99. The SMILES string of the molecule is COc1cccc([C@]23C=C(C#N)C(=O)[C@@H](C)[C@@H]2CCc2cnn(C)c23)c1. The van der Waals surface area contributed by atoms with E-state index in [9.17, 15) is 10.1 Å². The lowest BCUT2D eigenvalue weighted by molar-refractivity contribution is -0.121. The third-order valence-electron chi connectivity index (χ3n) is 6.04. The molecule has 0 bridgehead atoms. The smallest absolute Gasteiger partial charge is 0.176 e. The molecule has 0 aliphatic heterocycles. The first kappa shape index (κ1) is 16.6. The maximum absolute atomic E-state index is 12.7. The monoisotopic (exact) mass is 347 g/mol. The van der Waals surface area contributed by atoms with Crippen molar-refractivity contribution in [1.82, 2.24) is 9.78 Å². The molecule has 132 valence electrons. The first-order valence-electron chi connectivity index (χ1n) is 8.86. The fourth-order valence-electron chi connectivity index (χ4n) is 4.86. The lowest BCUT2D eigenvalue weighted by atomic mass is 9.54. The number of benzene rings is 1. The highest BCUT2D eigenvalue weighted by Gasteiger charge is 2.53. The molecule has 0 saturated carbocycles. The molecule has 0 N–H and O–H groups in total. The van der Waals surface area contributed by atoms with Gasteiger partial charge < -0.3 is 4.74 Å². The molecule has 2 aliphatic rings. The summed E-state index contributed by atoms with van der Waals surface area (Å²) < 4.78 is 7.35. The van der Waals surface area contributed by atoms with Crippen molar-refractivity contribution in [3.05, 3.63) is 58.9 Å². The number of nitriles is 1. The molecule has 0 unspecified atom stereocenters. The highest BCUT2D eigenvalue weighted by molar-refractivity contribution is 6.02. The van der Waals surface area contributed by atoms with Gasteiger partial charge in [-0.2, -0.15) is 10.4 Å². The van der Waals surface area contributed by atoms with Crippen LogP contribution >= 0.6 is 0 Å². The van der Waals surface area contributed by atoms with E-state index >= 15 is 0 Å². The number of fused-ring (bicyclic) bond motifs is 3. The largest absolute Gasteiger partial charge is 0.497 e. The van der Waals surface area contributed by atoms with Crippen molar-refractivity contribution in [3.8, 4) is 11.8 Å². The third kappa shape index (κ3) is 2.08. The summed E-state index contributed by atoms with van der Waals surface area (Å²) in [5.74, 6) is 0.578. The Morgan fingerprint density at radius 3 is 2.96 bits per heavy atom. The summed E-state index contributed by atoms with van der Waals surface area (Å²) in [5, 5.41) is 14.1. The molecule has 0 spiro atoms. The highest BCUT2D eigenvalue weighted by Crippen LogP contribution is 2.53. The van der Waals surface area contributed by atoms with Crippen molar-refractivity contribution in [2.45, 2.75) is 25.2 Å². The van der Waals surface area contributed by atoms with E-state index in [0.29, 0.717) is 0 Å². The average molecular weight is 347 g/mol. The number of Topliss-reactive ketones (excluding diaryl/α,β-unsaturated/α-hetero) is 1. The summed E-state index contributed by atoms with van der Waals surface area (Å²) in [4.78, 5) is 12.7. The van der Waals surface area contributed by atoms with Gasteiger partial charge in [0, 0.05) is 13.0 Å². The van der Waals surface area contributed by atoms with Crippen molar-refractivity contribution >= 4 is 5.78 Å². The van der Waals surface area contributed by atoms with Crippen LogP contribution in [0.2, 0.25) is 0 Å². The number of carbonyl (C=O) groups excluding carboxylic acids is 1. The van der Waals surface area contributed by atoms with Crippen LogP contribution in [-0.2, 0) is 23.7 Å². The molecule has 5 heteroatoms. The van der Waals surface area contributed by atoms with Crippen LogP contribution in [0.25, 0.3) is 0 Å². The number of methoxy groups -OCH3 is 1. The zero-order chi connectivity index (χ0) is 18.5. The van der Waals surface area contributed by atoms with Crippen LogP contribution in [0.4, 0.5) is 0 Å². The molecule has 1 aromatic carbocycles. The molecular weight excluding hydrogens is 326 g/mol. The molecule has 1 heterocycles. The minimum atomic E-state index is -0.550. The standard InChI is InChI=1S/C21H21N3O2/c1-13-18-8-7-14-12-23-24(2)20(14)21(18,10-15(11-22)19(13)25)16-5-4-6-17(9-16)26-3/h4-6,9-10,12-13,18H,7-8H2,1-3H3/t13-,18-,21+/m0/s1. The fraction of sp³-hybridized carbons (Fsp3) is 0.381. The molecule has 1 aromatic heterocycles. The second kappa shape index (κ2) is 5.84. The van der Waals surface area contributed by atoms with Crippen LogP contribution in [-0.4, -0.2) is 22.7 Å². The van der Waals surface area contributed by atoms with Crippen LogP contribution in [0.3, 0.4) is 0 Å². The molecule has 0 radical (unpaired) electrons. The van der Waals surface area contributed by atoms with E-state index in [-0.39, 0.29) is 23.2 Å². The van der Waals surface area contributed by atoms with E-state index in [2.05, 4.69) is 17.2 Å². The summed E-state index contributed by atoms with van der Waals surface area (Å²) in [6.45, 7) is 1.95. The zero-order valence-corrected chi connectivity index (χ0v) is 15.2. The lowest BCUT2D eigenvalue weighted by Gasteiger charge is -2.47. The number of ether oxygens (including phenoxy) is 1. The number of ketones is 1. The number of rotatable bonds is 2. The van der Waals surface area contributed by atoms with E-state index in [1.165, 1.54) is 5.56 Å². The van der Waals surface area contributed by atoms with Crippen molar-refractivity contribution < 1.29 is 9.53 Å². The van der Waals surface area contributed by atoms with Crippen molar-refractivity contribution in [3.63, 3.8) is 0 Å². The molecule has 2 aliphatic carbocycles. The predicted molar refractivity (Wildman–Crippen MR) is 96.7 cm³/mol. The van der Waals surface area contributed by atoms with Gasteiger partial charge in [-0.05, 0) is 48.1 Å². The van der Waals surface area contributed by atoms with Crippen molar-refractivity contribution in [2.24, 2.45) is 18.9 Å². The number of aromatic nitrogens is 2. The van der Waals surface area contributed by atoms with Gasteiger partial charge in [0.05, 0.1) is 30.0 Å². The van der Waals surface area contributed by atoms with E-state index in [1.807, 2.05) is 49.1 Å². The van der Waals surface area contributed by atoms with Crippen LogP contribution in [0.1, 0.15) is 30.2 Å². The Kier molecular flexibility index (Phi) is 3.73. The van der Waals surface area contributed by atoms with Gasteiger partial charge in [-0.25, -0.2) is 0 Å². The number of aryl methyl sites for hydroxylation is 2. The van der Waals surface area contributed by atoms with Crippen molar-refractivity contribution in [2.75, 3.05) is 7.11 Å². The number of hydrogen-bond donors (Lipinski definition) is 0. The number of nitrogens with zero attached hydrogens (tertiary/aromatic N) is 3. The van der Waals surface area contributed by atoms with Gasteiger partial charge in [-0.1, -0.05) is 19.1 Å². The first-order valence-corrected chi connectivity index (χ1v) is 8.86. The van der Waals surface area contributed by atoms with Gasteiger partial charge in [0.1, 0.15) is 11.8 Å². The second-order valence-corrected chi connectivity index (χ2v) is 7.21. The Balaban J connectivity index is 2.10. The van der Waals surface area contributed by atoms with Gasteiger partial charge in [0.2, 0.25) is 0 Å². The Hall–Kier alpha value is -2.87. The molecular formula is C21H21N3O2. The molecule has 0 amide bonds. The number of allylic oxidation sites excluding steroid dienone is 2. The second-order valence-electron chi connectivity index (χ2n) is 7.21. The van der Waals surface area contributed by atoms with Gasteiger partial charge in [-0.3, -0.25) is 9.48 Å². The summed E-state index contributed by atoms with van der Waals surface area (Å²) in [6, 6.07) is 10.1. The van der Waals surface area contributed by atoms with Gasteiger partial charge in [-0.15, -0.1) is 0 Å². The average Bonchev–Trinajstić information content (AvgIpc) is 3.06. The highest BCUT2D eigenvalue weighted by atomic mass is 16.5. The molecule has 26 heavy (non-hydrogen) atoms. The summed E-state index contributed by atoms with van der Waals surface area (Å²) in [7, 11) is 3.58. The Labute approximate surface area is 152 Å². The third-order valence-corrected chi connectivity index (χ3v) is 6.04. The molecule has 5 nitrogen and oxygen atoms in total. The van der Waals surface area contributed by atoms with E-state index < -0.39 is 5.41 Å². The van der Waals surface area contributed by atoms with Gasteiger partial charge in [0.25, 0.3) is 0 Å². The molecule has 4 rings (SSSR count). The van der Waals surface area contributed by atoms with Crippen LogP contribution in [0, 0.1) is 23.2 Å². The molecule has 0 fully saturated rings. The number of hydrogen-bond acceptors (Lipinski definition) is 4. The van der Waals surface area contributed by atoms with Gasteiger partial charge >= 0.3 is 0 Å². The summed E-state index contributed by atoms with van der Waals surface area (Å²) in [6.07, 6.45) is 5.58. The summed E-state index contributed by atoms with van der Waals surface area (Å²) >= 11 is 0. The lowest BCUT2D eigenvalue weighted by Crippen LogP contribution is -2.48. The fourth-order valence-corrected chi connectivity index (χ4v) is 4.86. The van der Waals surface area contributed by atoms with E-state index in [0.717, 1.165) is 29.8 Å². The zero-order valence-electron chi connectivity index (χ0n) is 15.2. The Morgan fingerprint density at radius 1 is 1.42 bits per heavy atom. The van der Waals surface area contributed by atoms with Crippen LogP contribution < -0.4 is 4.74 Å². The Morgan fingerprint density at radius 2 is 2.23 bits per heavy atom. The van der Waals surface area contributed by atoms with Gasteiger partial charge in [0.15, 0.2) is 5.78 Å². The minimum Gasteiger partial charge on any atom is -0.497 e. The minimum absolute atomic E-state index is 0.0540. The molecule has 2 aromatic rings. The van der Waals surface area contributed by atoms with E-state index in [4.69, 9.17) is 4.74 Å². The number of carbonyl (C=O) groups is 1. The van der Waals surface area contributed by atoms with Crippen molar-refractivity contribution in [1.29, 1.82) is 5.26 Å². The van der Waals surface area contributed by atoms with Crippen LogP contribution in [0.5, 0.6) is 5.75 Å². The Bertz CT molecular complexity index is 966. The predicted octanol–water partition coefficient (Wildman–Crippen LogP) is 2.95. The first-order chi connectivity index (χ1) is 12.5. The normalized spacial score (nSPS) is 27.2. The van der Waals surface area contributed by atoms with Crippen LogP contribution in [0.15, 0.2) is 42.1 Å². The quantitative estimate of drug-likeness (QED) is 0.838.